The van der Waals surface area contributed by atoms with Crippen molar-refractivity contribution in [3.05, 3.63) is 0 Å². The predicted octanol–water partition coefficient (Wildman–Crippen LogP) is 1.95. The number of likely N-dealkylation sites (tertiary alicyclic amines) is 1. The van der Waals surface area contributed by atoms with Gasteiger partial charge in [-0.1, -0.05) is 13.8 Å². The molecule has 19 heavy (non-hydrogen) atoms. The molecule has 1 aliphatic heterocycles. The average Bonchev–Trinajstić information content (AvgIpc) is 2.41. The maximum atomic E-state index is 11.6. The van der Waals surface area contributed by atoms with E-state index in [1.54, 1.807) is 7.05 Å². The Bertz CT molecular complexity index is 334. The number of rotatable bonds is 3. The van der Waals surface area contributed by atoms with E-state index in [1.165, 1.54) is 6.42 Å². The number of likely N-dealkylation sites (N-methyl/N-ethyl adjacent to an activating group) is 1. The fourth-order valence-electron chi connectivity index (χ4n) is 3.71. The SMILES string of the molecule is CNC1(C(=O)O)CCCC(N2CCC(C)C(C)C2)C1. The van der Waals surface area contributed by atoms with Gasteiger partial charge in [-0.2, -0.15) is 0 Å². The van der Waals surface area contributed by atoms with Crippen molar-refractivity contribution in [2.24, 2.45) is 11.8 Å². The lowest BCUT2D eigenvalue weighted by atomic mass is 9.77. The Hall–Kier alpha value is -0.610. The van der Waals surface area contributed by atoms with Gasteiger partial charge in [0.15, 0.2) is 0 Å². The third-order valence-corrected chi connectivity index (χ3v) is 5.49. The number of piperidine rings is 1. The van der Waals surface area contributed by atoms with E-state index in [0.717, 1.165) is 50.6 Å². The smallest absolute Gasteiger partial charge is 0.323 e. The summed E-state index contributed by atoms with van der Waals surface area (Å²) in [7, 11) is 1.79. The third kappa shape index (κ3) is 2.95. The highest BCUT2D eigenvalue weighted by molar-refractivity contribution is 5.79. The van der Waals surface area contributed by atoms with Crippen molar-refractivity contribution in [3.8, 4) is 0 Å². The van der Waals surface area contributed by atoms with E-state index in [2.05, 4.69) is 24.1 Å². The molecule has 1 saturated carbocycles. The van der Waals surface area contributed by atoms with Crippen LogP contribution in [0.5, 0.6) is 0 Å². The molecule has 1 aliphatic carbocycles. The van der Waals surface area contributed by atoms with E-state index >= 15 is 0 Å². The Balaban J connectivity index is 2.03. The lowest BCUT2D eigenvalue weighted by Crippen LogP contribution is -2.58. The third-order valence-electron chi connectivity index (χ3n) is 5.49. The molecule has 2 aliphatic rings. The Morgan fingerprint density at radius 1 is 1.32 bits per heavy atom. The molecule has 1 saturated heterocycles. The molecule has 0 spiro atoms. The summed E-state index contributed by atoms with van der Waals surface area (Å²) in [5.41, 5.74) is -0.699. The number of aliphatic carboxylic acids is 1. The minimum Gasteiger partial charge on any atom is -0.480 e. The van der Waals surface area contributed by atoms with Crippen molar-refractivity contribution in [1.29, 1.82) is 0 Å². The molecular weight excluding hydrogens is 240 g/mol. The first kappa shape index (κ1) is 14.8. The highest BCUT2D eigenvalue weighted by Gasteiger charge is 2.43. The Labute approximate surface area is 116 Å². The standard InChI is InChI=1S/C15H28N2O2/c1-11-6-8-17(10-12(11)2)13-5-4-7-15(9-13,16-3)14(18)19/h11-13,16H,4-10H2,1-3H3,(H,18,19). The molecule has 110 valence electrons. The van der Waals surface area contributed by atoms with Gasteiger partial charge in [-0.25, -0.2) is 0 Å². The van der Waals surface area contributed by atoms with Crippen LogP contribution in [0, 0.1) is 11.8 Å². The van der Waals surface area contributed by atoms with E-state index in [-0.39, 0.29) is 0 Å². The van der Waals surface area contributed by atoms with Crippen molar-refractivity contribution in [1.82, 2.24) is 10.2 Å². The normalized spacial score (nSPS) is 41.1. The van der Waals surface area contributed by atoms with Crippen molar-refractivity contribution in [2.45, 2.75) is 57.5 Å². The molecule has 0 radical (unpaired) electrons. The second-order valence-electron chi connectivity index (χ2n) is 6.63. The van der Waals surface area contributed by atoms with Crippen molar-refractivity contribution < 1.29 is 9.90 Å². The molecule has 0 bridgehead atoms. The number of carboxylic acid groups (broad SMARTS) is 1. The maximum Gasteiger partial charge on any atom is 0.323 e. The summed E-state index contributed by atoms with van der Waals surface area (Å²) < 4.78 is 0. The number of nitrogens with one attached hydrogen (secondary N) is 1. The van der Waals surface area contributed by atoms with Crippen molar-refractivity contribution in [2.75, 3.05) is 20.1 Å². The largest absolute Gasteiger partial charge is 0.480 e. The van der Waals surface area contributed by atoms with E-state index < -0.39 is 11.5 Å². The molecule has 0 aromatic rings. The molecule has 0 aromatic carbocycles. The topological polar surface area (TPSA) is 52.6 Å². The zero-order valence-electron chi connectivity index (χ0n) is 12.5. The molecule has 0 aromatic heterocycles. The maximum absolute atomic E-state index is 11.6. The van der Waals surface area contributed by atoms with Crippen LogP contribution in [0.3, 0.4) is 0 Å². The molecule has 2 rings (SSSR count). The molecule has 0 amide bonds. The molecule has 4 unspecified atom stereocenters. The quantitative estimate of drug-likeness (QED) is 0.821. The lowest BCUT2D eigenvalue weighted by Gasteiger charge is -2.46. The monoisotopic (exact) mass is 268 g/mol. The van der Waals surface area contributed by atoms with Crippen LogP contribution in [-0.4, -0.2) is 47.7 Å². The van der Waals surface area contributed by atoms with Crippen LogP contribution in [0.2, 0.25) is 0 Å². The highest BCUT2D eigenvalue weighted by atomic mass is 16.4. The lowest BCUT2D eigenvalue weighted by molar-refractivity contribution is -0.147. The van der Waals surface area contributed by atoms with Crippen LogP contribution in [0.25, 0.3) is 0 Å². The van der Waals surface area contributed by atoms with Crippen molar-refractivity contribution >= 4 is 5.97 Å². The first-order valence-corrected chi connectivity index (χ1v) is 7.65. The summed E-state index contributed by atoms with van der Waals surface area (Å²) in [5, 5.41) is 12.6. The zero-order valence-corrected chi connectivity index (χ0v) is 12.5. The van der Waals surface area contributed by atoms with E-state index in [9.17, 15) is 9.90 Å². The van der Waals surface area contributed by atoms with Crippen LogP contribution in [-0.2, 0) is 4.79 Å². The number of hydrogen-bond acceptors (Lipinski definition) is 3. The van der Waals surface area contributed by atoms with Crippen LogP contribution in [0.4, 0.5) is 0 Å². The van der Waals surface area contributed by atoms with Gasteiger partial charge in [-0.05, 0) is 57.5 Å². The highest BCUT2D eigenvalue weighted by Crippen LogP contribution is 2.34. The fraction of sp³-hybridized carbons (Fsp3) is 0.933. The zero-order chi connectivity index (χ0) is 14.0. The molecular formula is C15H28N2O2. The Morgan fingerprint density at radius 2 is 2.05 bits per heavy atom. The molecule has 4 nitrogen and oxygen atoms in total. The minimum atomic E-state index is -0.699. The summed E-state index contributed by atoms with van der Waals surface area (Å²) in [6.07, 6.45) is 4.92. The van der Waals surface area contributed by atoms with Gasteiger partial charge in [0.1, 0.15) is 5.54 Å². The van der Waals surface area contributed by atoms with E-state index in [1.807, 2.05) is 0 Å². The minimum absolute atomic E-state index is 0.437. The van der Waals surface area contributed by atoms with Gasteiger partial charge in [0.25, 0.3) is 0 Å². The second-order valence-corrected chi connectivity index (χ2v) is 6.63. The van der Waals surface area contributed by atoms with Gasteiger partial charge >= 0.3 is 5.97 Å². The Kier molecular flexibility index (Phi) is 4.51. The summed E-state index contributed by atoms with van der Waals surface area (Å²) >= 11 is 0. The van der Waals surface area contributed by atoms with Gasteiger partial charge < -0.3 is 15.3 Å². The first-order valence-electron chi connectivity index (χ1n) is 7.65. The summed E-state index contributed by atoms with van der Waals surface area (Å²) in [5.74, 6) is 0.844. The molecule has 2 N–H and O–H groups in total. The molecule has 2 fully saturated rings. The summed E-state index contributed by atoms with van der Waals surface area (Å²) in [6, 6.07) is 0.437. The molecule has 1 heterocycles. The number of carbonyl (C=O) groups is 1. The molecule has 4 atom stereocenters. The van der Waals surface area contributed by atoms with Gasteiger partial charge in [0.05, 0.1) is 0 Å². The van der Waals surface area contributed by atoms with Gasteiger partial charge in [0, 0.05) is 12.6 Å². The summed E-state index contributed by atoms with van der Waals surface area (Å²) in [6.45, 7) is 6.92. The first-order chi connectivity index (χ1) is 8.98. The van der Waals surface area contributed by atoms with Gasteiger partial charge in [-0.15, -0.1) is 0 Å². The van der Waals surface area contributed by atoms with Crippen molar-refractivity contribution in [3.63, 3.8) is 0 Å². The summed E-state index contributed by atoms with van der Waals surface area (Å²) in [4.78, 5) is 14.1. The number of hydrogen-bond donors (Lipinski definition) is 2. The van der Waals surface area contributed by atoms with Crippen LogP contribution >= 0.6 is 0 Å². The number of carboxylic acids is 1. The fourth-order valence-corrected chi connectivity index (χ4v) is 3.71. The second kappa shape index (κ2) is 5.80. The molecule has 4 heteroatoms. The van der Waals surface area contributed by atoms with Gasteiger partial charge in [-0.3, -0.25) is 4.79 Å². The van der Waals surface area contributed by atoms with Crippen LogP contribution in [0.1, 0.15) is 46.0 Å². The number of nitrogens with zero attached hydrogens (tertiary/aromatic N) is 1. The Morgan fingerprint density at radius 3 is 2.63 bits per heavy atom. The van der Waals surface area contributed by atoms with Gasteiger partial charge in [0.2, 0.25) is 0 Å². The van der Waals surface area contributed by atoms with E-state index in [4.69, 9.17) is 0 Å². The average molecular weight is 268 g/mol. The van der Waals surface area contributed by atoms with E-state index in [0.29, 0.717) is 6.04 Å². The van der Waals surface area contributed by atoms with Crippen LogP contribution < -0.4 is 5.32 Å². The predicted molar refractivity (Wildman–Crippen MR) is 76.2 cm³/mol. The van der Waals surface area contributed by atoms with Crippen LogP contribution in [0.15, 0.2) is 0 Å².